The molecular formula is C20H21NO3. The Balaban J connectivity index is 1.70. The maximum absolute atomic E-state index is 12.4. The fourth-order valence-electron chi connectivity index (χ4n) is 3.03. The largest absolute Gasteiger partial charge is 0.426 e. The highest BCUT2D eigenvalue weighted by Gasteiger charge is 2.36. The van der Waals surface area contributed by atoms with E-state index in [1.807, 2.05) is 63.2 Å². The van der Waals surface area contributed by atoms with Gasteiger partial charge in [-0.15, -0.1) is 0 Å². The molecule has 1 heterocycles. The lowest BCUT2D eigenvalue weighted by atomic mass is 10.1. The van der Waals surface area contributed by atoms with E-state index in [-0.39, 0.29) is 18.3 Å². The van der Waals surface area contributed by atoms with Crippen molar-refractivity contribution in [2.24, 2.45) is 5.92 Å². The highest BCUT2D eigenvalue weighted by Crippen LogP contribution is 2.27. The molecule has 0 radical (unpaired) electrons. The lowest BCUT2D eigenvalue weighted by Gasteiger charge is -2.16. The molecule has 0 bridgehead atoms. The summed E-state index contributed by atoms with van der Waals surface area (Å²) in [5.74, 6) is -0.275. The van der Waals surface area contributed by atoms with Crippen LogP contribution >= 0.6 is 0 Å². The summed E-state index contributed by atoms with van der Waals surface area (Å²) in [6.07, 6.45) is 0.192. The average molecular weight is 323 g/mol. The second-order valence-corrected chi connectivity index (χ2v) is 6.49. The number of hydrogen-bond donors (Lipinski definition) is 0. The third-order valence-corrected chi connectivity index (χ3v) is 4.22. The standard InChI is InChI=1S/C20H21NO3/c1-13-4-6-17(7-5-13)21-12-16(11-19(21)22)20(23)24-18-9-14(2)8-15(3)10-18/h4-10,16H,11-12H2,1-3H3. The van der Waals surface area contributed by atoms with Gasteiger partial charge in [-0.3, -0.25) is 9.59 Å². The van der Waals surface area contributed by atoms with E-state index in [2.05, 4.69) is 0 Å². The van der Waals surface area contributed by atoms with E-state index in [9.17, 15) is 9.59 Å². The van der Waals surface area contributed by atoms with Crippen molar-refractivity contribution in [1.29, 1.82) is 0 Å². The Morgan fingerprint density at radius 2 is 1.62 bits per heavy atom. The van der Waals surface area contributed by atoms with Crippen LogP contribution in [0.15, 0.2) is 42.5 Å². The minimum atomic E-state index is -0.431. The summed E-state index contributed by atoms with van der Waals surface area (Å²) in [6, 6.07) is 13.4. The maximum Gasteiger partial charge on any atom is 0.316 e. The Kier molecular flexibility index (Phi) is 4.38. The Hall–Kier alpha value is -2.62. The number of carbonyl (C=O) groups excluding carboxylic acids is 2. The molecule has 2 aromatic carbocycles. The summed E-state index contributed by atoms with van der Waals surface area (Å²) >= 11 is 0. The lowest BCUT2D eigenvalue weighted by Crippen LogP contribution is -2.27. The third kappa shape index (κ3) is 3.48. The van der Waals surface area contributed by atoms with E-state index in [4.69, 9.17) is 4.74 Å². The molecule has 4 heteroatoms. The fourth-order valence-corrected chi connectivity index (χ4v) is 3.03. The first kappa shape index (κ1) is 16.2. The fraction of sp³-hybridized carbons (Fsp3) is 0.300. The number of benzene rings is 2. The highest BCUT2D eigenvalue weighted by molar-refractivity contribution is 5.99. The number of nitrogens with zero attached hydrogens (tertiary/aromatic N) is 1. The summed E-state index contributed by atoms with van der Waals surface area (Å²) in [5.41, 5.74) is 4.05. The first-order valence-electron chi connectivity index (χ1n) is 8.09. The summed E-state index contributed by atoms with van der Waals surface area (Å²) in [4.78, 5) is 26.3. The zero-order valence-corrected chi connectivity index (χ0v) is 14.2. The van der Waals surface area contributed by atoms with E-state index in [1.165, 1.54) is 0 Å². The smallest absolute Gasteiger partial charge is 0.316 e. The Labute approximate surface area is 142 Å². The van der Waals surface area contributed by atoms with Crippen LogP contribution in [0.5, 0.6) is 5.75 Å². The molecule has 4 nitrogen and oxygen atoms in total. The first-order chi connectivity index (χ1) is 11.4. The predicted molar refractivity (Wildman–Crippen MR) is 93.2 cm³/mol. The van der Waals surface area contributed by atoms with Crippen LogP contribution < -0.4 is 9.64 Å². The van der Waals surface area contributed by atoms with Gasteiger partial charge < -0.3 is 9.64 Å². The second kappa shape index (κ2) is 6.48. The van der Waals surface area contributed by atoms with E-state index in [0.29, 0.717) is 12.3 Å². The van der Waals surface area contributed by atoms with Gasteiger partial charge in [0, 0.05) is 18.7 Å². The summed E-state index contributed by atoms with van der Waals surface area (Å²) < 4.78 is 5.49. The minimum absolute atomic E-state index is 0.0405. The van der Waals surface area contributed by atoms with E-state index < -0.39 is 5.92 Å². The third-order valence-electron chi connectivity index (χ3n) is 4.22. The molecule has 1 amide bonds. The molecule has 1 saturated heterocycles. The first-order valence-corrected chi connectivity index (χ1v) is 8.09. The van der Waals surface area contributed by atoms with Crippen LogP contribution in [-0.4, -0.2) is 18.4 Å². The molecule has 0 spiro atoms. The van der Waals surface area contributed by atoms with Crippen LogP contribution in [0.25, 0.3) is 0 Å². The van der Waals surface area contributed by atoms with Crippen LogP contribution in [0, 0.1) is 26.7 Å². The second-order valence-electron chi connectivity index (χ2n) is 6.49. The van der Waals surface area contributed by atoms with Crippen molar-refractivity contribution in [3.05, 3.63) is 59.2 Å². The predicted octanol–water partition coefficient (Wildman–Crippen LogP) is 3.57. The monoisotopic (exact) mass is 323 g/mol. The molecule has 1 unspecified atom stereocenters. The molecule has 2 aromatic rings. The van der Waals surface area contributed by atoms with Gasteiger partial charge in [0.25, 0.3) is 0 Å². The molecule has 0 N–H and O–H groups in total. The number of rotatable bonds is 3. The summed E-state index contributed by atoms with van der Waals surface area (Å²) in [5, 5.41) is 0. The topological polar surface area (TPSA) is 46.6 Å². The zero-order chi connectivity index (χ0) is 17.3. The van der Waals surface area contributed by atoms with Gasteiger partial charge in [0.1, 0.15) is 5.75 Å². The molecule has 0 aliphatic carbocycles. The molecule has 1 atom stereocenters. The normalized spacial score (nSPS) is 17.2. The van der Waals surface area contributed by atoms with Gasteiger partial charge >= 0.3 is 5.97 Å². The van der Waals surface area contributed by atoms with Crippen LogP contribution in [0.1, 0.15) is 23.1 Å². The number of anilines is 1. The molecule has 24 heavy (non-hydrogen) atoms. The van der Waals surface area contributed by atoms with Crippen molar-refractivity contribution in [3.63, 3.8) is 0 Å². The van der Waals surface area contributed by atoms with Crippen molar-refractivity contribution in [2.75, 3.05) is 11.4 Å². The number of esters is 1. The number of hydrogen-bond acceptors (Lipinski definition) is 3. The van der Waals surface area contributed by atoms with Gasteiger partial charge in [0.05, 0.1) is 5.92 Å². The molecular weight excluding hydrogens is 302 g/mol. The SMILES string of the molecule is Cc1ccc(N2CC(C(=O)Oc3cc(C)cc(C)c3)CC2=O)cc1. The highest BCUT2D eigenvalue weighted by atomic mass is 16.5. The van der Waals surface area contributed by atoms with Crippen molar-refractivity contribution in [1.82, 2.24) is 0 Å². The van der Waals surface area contributed by atoms with Crippen molar-refractivity contribution >= 4 is 17.6 Å². The maximum atomic E-state index is 12.4. The Morgan fingerprint density at radius 1 is 1.00 bits per heavy atom. The molecule has 1 aliphatic heterocycles. The molecule has 124 valence electrons. The number of aryl methyl sites for hydroxylation is 3. The van der Waals surface area contributed by atoms with E-state index in [0.717, 1.165) is 22.4 Å². The molecule has 0 saturated carbocycles. The Bertz CT molecular complexity index is 760. The van der Waals surface area contributed by atoms with Crippen molar-refractivity contribution in [3.8, 4) is 5.75 Å². The van der Waals surface area contributed by atoms with Gasteiger partial charge in [0.2, 0.25) is 5.91 Å². The van der Waals surface area contributed by atoms with Crippen molar-refractivity contribution < 1.29 is 14.3 Å². The van der Waals surface area contributed by atoms with Gasteiger partial charge in [-0.25, -0.2) is 0 Å². The molecule has 1 fully saturated rings. The van der Waals surface area contributed by atoms with Crippen LogP contribution in [-0.2, 0) is 9.59 Å². The quantitative estimate of drug-likeness (QED) is 0.641. The van der Waals surface area contributed by atoms with Gasteiger partial charge in [-0.1, -0.05) is 23.8 Å². The van der Waals surface area contributed by atoms with E-state index >= 15 is 0 Å². The van der Waals surface area contributed by atoms with Crippen LogP contribution in [0.3, 0.4) is 0 Å². The van der Waals surface area contributed by atoms with Crippen molar-refractivity contribution in [2.45, 2.75) is 27.2 Å². The molecule has 3 rings (SSSR count). The van der Waals surface area contributed by atoms with Gasteiger partial charge in [0.15, 0.2) is 0 Å². The van der Waals surface area contributed by atoms with Crippen LogP contribution in [0.4, 0.5) is 5.69 Å². The number of amides is 1. The molecule has 1 aliphatic rings. The Morgan fingerprint density at radius 3 is 2.25 bits per heavy atom. The lowest BCUT2D eigenvalue weighted by molar-refractivity contribution is -0.139. The zero-order valence-electron chi connectivity index (χ0n) is 14.2. The average Bonchev–Trinajstić information content (AvgIpc) is 2.89. The van der Waals surface area contributed by atoms with E-state index in [1.54, 1.807) is 4.90 Å². The van der Waals surface area contributed by atoms with Gasteiger partial charge in [-0.2, -0.15) is 0 Å². The summed E-state index contributed by atoms with van der Waals surface area (Å²) in [7, 11) is 0. The number of ether oxygens (including phenoxy) is 1. The molecule has 0 aromatic heterocycles. The van der Waals surface area contributed by atoms with Crippen LogP contribution in [0.2, 0.25) is 0 Å². The minimum Gasteiger partial charge on any atom is -0.426 e. The summed E-state index contributed by atoms with van der Waals surface area (Å²) in [6.45, 7) is 6.29. The van der Waals surface area contributed by atoms with Gasteiger partial charge in [-0.05, 0) is 56.2 Å². The number of carbonyl (C=O) groups is 2.